The van der Waals surface area contributed by atoms with E-state index >= 15 is 0 Å². The van der Waals surface area contributed by atoms with Crippen LogP contribution in [0, 0.1) is 31.6 Å². The molecule has 3 nitrogen and oxygen atoms in total. The average Bonchev–Trinajstić information content (AvgIpc) is 3.47. The van der Waals surface area contributed by atoms with Gasteiger partial charge in [0.1, 0.15) is 0 Å². The van der Waals surface area contributed by atoms with E-state index in [4.69, 9.17) is 9.47 Å². The molecule has 39 heavy (non-hydrogen) atoms. The third-order valence-electron chi connectivity index (χ3n) is 9.18. The van der Waals surface area contributed by atoms with Gasteiger partial charge >= 0.3 is 0 Å². The Balaban J connectivity index is 1.48. The Labute approximate surface area is 238 Å². The molecule has 0 radical (unpaired) electrons. The normalized spacial score (nSPS) is 34.1. The molecule has 1 aromatic rings. The third-order valence-corrected chi connectivity index (χ3v) is 9.18. The van der Waals surface area contributed by atoms with Crippen molar-refractivity contribution in [1.29, 1.82) is 0 Å². The largest absolute Gasteiger partial charge is 0.346 e. The molecule has 2 heterocycles. The SMILES string of the molecule is Cc1cc(C)c([C@@H]2CC23OC(CC(C)C)CC(CC(C)C)O3)c(C2C=CC3=C(CC(C)C)C=CCC3(C)N2)c1. The summed E-state index contributed by atoms with van der Waals surface area (Å²) in [5.41, 5.74) is 8.46. The van der Waals surface area contributed by atoms with Gasteiger partial charge in [0.2, 0.25) is 0 Å². The van der Waals surface area contributed by atoms with E-state index in [9.17, 15) is 0 Å². The van der Waals surface area contributed by atoms with E-state index in [2.05, 4.69) is 104 Å². The summed E-state index contributed by atoms with van der Waals surface area (Å²) in [6.45, 7) is 20.8. The summed E-state index contributed by atoms with van der Waals surface area (Å²) in [5.74, 6) is 1.74. The third kappa shape index (κ3) is 6.02. The average molecular weight is 532 g/mol. The van der Waals surface area contributed by atoms with Crippen LogP contribution in [0.1, 0.15) is 121 Å². The van der Waals surface area contributed by atoms with Crippen molar-refractivity contribution in [2.45, 2.75) is 136 Å². The lowest BCUT2D eigenvalue weighted by Crippen LogP contribution is -2.48. The van der Waals surface area contributed by atoms with Gasteiger partial charge in [-0.25, -0.2) is 0 Å². The Morgan fingerprint density at radius 2 is 1.59 bits per heavy atom. The highest BCUT2D eigenvalue weighted by atomic mass is 16.7. The Morgan fingerprint density at radius 3 is 2.21 bits per heavy atom. The summed E-state index contributed by atoms with van der Waals surface area (Å²) < 4.78 is 13.8. The van der Waals surface area contributed by atoms with Crippen molar-refractivity contribution in [3.8, 4) is 0 Å². The van der Waals surface area contributed by atoms with E-state index in [0.717, 1.165) is 38.5 Å². The zero-order chi connectivity index (χ0) is 28.1. The van der Waals surface area contributed by atoms with Gasteiger partial charge in [-0.3, -0.25) is 5.32 Å². The van der Waals surface area contributed by atoms with E-state index in [-0.39, 0.29) is 23.8 Å². The first-order chi connectivity index (χ1) is 18.4. The molecule has 1 N–H and O–H groups in total. The molecule has 1 spiro atoms. The fourth-order valence-corrected chi connectivity index (χ4v) is 7.68. The van der Waals surface area contributed by atoms with Gasteiger partial charge in [0, 0.05) is 24.3 Å². The first kappa shape index (κ1) is 28.8. The van der Waals surface area contributed by atoms with E-state index in [0.29, 0.717) is 23.7 Å². The zero-order valence-corrected chi connectivity index (χ0v) is 26.1. The molecule has 1 saturated heterocycles. The van der Waals surface area contributed by atoms with Crippen molar-refractivity contribution in [2.24, 2.45) is 17.8 Å². The number of hydrogen-bond donors (Lipinski definition) is 1. The van der Waals surface area contributed by atoms with Crippen LogP contribution < -0.4 is 5.32 Å². The van der Waals surface area contributed by atoms with Gasteiger partial charge in [-0.15, -0.1) is 0 Å². The van der Waals surface area contributed by atoms with Crippen molar-refractivity contribution in [3.63, 3.8) is 0 Å². The summed E-state index contributed by atoms with van der Waals surface area (Å²) in [6, 6.07) is 4.95. The van der Waals surface area contributed by atoms with Gasteiger partial charge < -0.3 is 9.47 Å². The maximum Gasteiger partial charge on any atom is 0.176 e. The molecule has 0 amide bonds. The van der Waals surface area contributed by atoms with Crippen molar-refractivity contribution in [3.05, 3.63) is 69.8 Å². The molecule has 2 fully saturated rings. The molecular formula is C36H53NO2. The van der Waals surface area contributed by atoms with Crippen molar-refractivity contribution in [1.82, 2.24) is 5.32 Å². The number of nitrogens with one attached hydrogen (secondary N) is 1. The Morgan fingerprint density at radius 1 is 0.923 bits per heavy atom. The number of aryl methyl sites for hydroxylation is 2. The second-order valence-corrected chi connectivity index (χ2v) is 14.6. The maximum absolute atomic E-state index is 6.88. The minimum atomic E-state index is -0.461. The number of rotatable bonds is 8. The van der Waals surface area contributed by atoms with Gasteiger partial charge in [-0.2, -0.15) is 0 Å². The predicted molar refractivity (Wildman–Crippen MR) is 163 cm³/mol. The van der Waals surface area contributed by atoms with Crippen LogP contribution in [-0.2, 0) is 9.47 Å². The molecule has 0 bridgehead atoms. The number of ether oxygens (including phenoxy) is 2. The maximum atomic E-state index is 6.88. The molecule has 2 aliphatic carbocycles. The zero-order valence-electron chi connectivity index (χ0n) is 26.1. The van der Waals surface area contributed by atoms with Crippen molar-refractivity contribution in [2.75, 3.05) is 0 Å². The van der Waals surface area contributed by atoms with Crippen LogP contribution in [0.5, 0.6) is 0 Å². The van der Waals surface area contributed by atoms with Gasteiger partial charge in [0.05, 0.1) is 18.2 Å². The molecule has 5 atom stereocenters. The lowest BCUT2D eigenvalue weighted by molar-refractivity contribution is -0.271. The fraction of sp³-hybridized carbons (Fsp3) is 0.667. The minimum Gasteiger partial charge on any atom is -0.346 e. The molecule has 4 aliphatic rings. The van der Waals surface area contributed by atoms with Gasteiger partial charge in [-0.1, -0.05) is 83.5 Å². The summed E-state index contributed by atoms with van der Waals surface area (Å²) in [6.07, 6.45) is 16.5. The first-order valence-electron chi connectivity index (χ1n) is 15.7. The Kier molecular flexibility index (Phi) is 8.10. The van der Waals surface area contributed by atoms with Crippen molar-refractivity contribution >= 4 is 0 Å². The van der Waals surface area contributed by atoms with Crippen molar-refractivity contribution < 1.29 is 9.47 Å². The first-order valence-corrected chi connectivity index (χ1v) is 15.7. The summed E-state index contributed by atoms with van der Waals surface area (Å²) in [7, 11) is 0. The number of allylic oxidation sites excluding steroid dienone is 2. The molecule has 3 heteroatoms. The van der Waals surface area contributed by atoms with Crippen LogP contribution in [0.2, 0.25) is 0 Å². The molecule has 1 aromatic carbocycles. The van der Waals surface area contributed by atoms with Crippen LogP contribution in [-0.4, -0.2) is 23.5 Å². The van der Waals surface area contributed by atoms with E-state index in [1.807, 2.05) is 0 Å². The molecule has 1 saturated carbocycles. The fourth-order valence-electron chi connectivity index (χ4n) is 7.68. The smallest absolute Gasteiger partial charge is 0.176 e. The summed E-state index contributed by atoms with van der Waals surface area (Å²) in [5, 5.41) is 4.11. The monoisotopic (exact) mass is 531 g/mol. The highest BCUT2D eigenvalue weighted by Crippen LogP contribution is 2.61. The standard InChI is InChI=1S/C36H53NO2/c1-22(2)15-27-11-10-14-35(9)31(27)12-13-33(37-35)30-19-25(7)18-26(8)34(30)32-21-36(32)38-28(16-23(3)4)20-29(39-36)17-24(5)6/h10-13,18-19,22-24,28-29,32-33,37H,14-17,20-21H2,1-9H3/t28?,29?,32-,33?,35?,36?/m0/s1. The molecular weight excluding hydrogens is 478 g/mol. The molecule has 0 aromatic heterocycles. The van der Waals surface area contributed by atoms with Gasteiger partial charge in [0.25, 0.3) is 0 Å². The van der Waals surface area contributed by atoms with Gasteiger partial charge in [0.15, 0.2) is 5.79 Å². The van der Waals surface area contributed by atoms with E-state index in [1.54, 1.807) is 0 Å². The van der Waals surface area contributed by atoms with Crippen LogP contribution in [0.15, 0.2) is 47.6 Å². The second kappa shape index (κ2) is 11.0. The predicted octanol–water partition coefficient (Wildman–Crippen LogP) is 9.02. The van der Waals surface area contributed by atoms with Crippen LogP contribution in [0.3, 0.4) is 0 Å². The topological polar surface area (TPSA) is 30.5 Å². The number of benzene rings is 1. The summed E-state index contributed by atoms with van der Waals surface area (Å²) >= 11 is 0. The minimum absolute atomic E-state index is 0.0445. The molecule has 2 aliphatic heterocycles. The van der Waals surface area contributed by atoms with Crippen LogP contribution >= 0.6 is 0 Å². The molecule has 4 unspecified atom stereocenters. The second-order valence-electron chi connectivity index (χ2n) is 14.6. The highest BCUT2D eigenvalue weighted by molar-refractivity contribution is 5.52. The van der Waals surface area contributed by atoms with Crippen LogP contribution in [0.4, 0.5) is 0 Å². The summed E-state index contributed by atoms with van der Waals surface area (Å²) in [4.78, 5) is 0. The Bertz CT molecular complexity index is 1140. The van der Waals surface area contributed by atoms with Gasteiger partial charge in [-0.05, 0) is 92.0 Å². The Hall–Kier alpha value is -1.68. The van der Waals surface area contributed by atoms with Crippen LogP contribution in [0.25, 0.3) is 0 Å². The lowest BCUT2D eigenvalue weighted by atomic mass is 9.75. The molecule has 214 valence electrons. The van der Waals surface area contributed by atoms with E-state index in [1.165, 1.54) is 33.4 Å². The number of fused-ring (bicyclic) bond motifs is 1. The number of hydrogen-bond acceptors (Lipinski definition) is 3. The highest BCUT2D eigenvalue weighted by Gasteiger charge is 2.63. The molecule has 5 rings (SSSR count). The lowest BCUT2D eigenvalue weighted by Gasteiger charge is -2.42. The quantitative estimate of drug-likeness (QED) is 0.363. The van der Waals surface area contributed by atoms with E-state index < -0.39 is 5.79 Å².